The Morgan fingerprint density at radius 1 is 1.00 bits per heavy atom. The Morgan fingerprint density at radius 3 is 2.23 bits per heavy atom. The molecule has 0 unspecified atom stereocenters. The van der Waals surface area contributed by atoms with E-state index in [4.69, 9.17) is 0 Å². The van der Waals surface area contributed by atoms with Crippen LogP contribution in [0, 0.1) is 11.8 Å². The fourth-order valence-corrected chi connectivity index (χ4v) is 2.78. The molecule has 0 aliphatic rings. The van der Waals surface area contributed by atoms with Crippen LogP contribution in [0.1, 0.15) is 11.1 Å². The minimum absolute atomic E-state index is 0.631. The third-order valence-electron chi connectivity index (χ3n) is 3.06. The van der Waals surface area contributed by atoms with E-state index in [2.05, 4.69) is 43.7 Å². The van der Waals surface area contributed by atoms with Crippen LogP contribution in [0.25, 0.3) is 6.08 Å². The Morgan fingerprint density at radius 2 is 1.59 bits per heavy atom. The molecule has 112 valence electrons. The van der Waals surface area contributed by atoms with E-state index < -0.39 is 9.34 Å². The number of halogens is 2. The lowest BCUT2D eigenvalue weighted by Crippen LogP contribution is -2.31. The summed E-state index contributed by atoms with van der Waals surface area (Å²) in [6.07, 6.45) is 3.47. The summed E-state index contributed by atoms with van der Waals surface area (Å²) in [5.74, 6) is 5.72. The molecule has 2 rings (SSSR count). The largest absolute Gasteiger partial charge is 0.378 e. The topological polar surface area (TPSA) is 20.2 Å². The molecule has 1 N–H and O–H groups in total. The van der Waals surface area contributed by atoms with Crippen molar-refractivity contribution in [2.24, 2.45) is 0 Å². The first-order valence-electron chi connectivity index (χ1n) is 6.90. The highest BCUT2D eigenvalue weighted by molar-refractivity contribution is 9.25. The number of allylic oxidation sites excluding steroid dienone is 1. The highest BCUT2D eigenvalue weighted by Crippen LogP contribution is 2.34. The van der Waals surface area contributed by atoms with Crippen LogP contribution in [-0.4, -0.2) is 14.4 Å². The van der Waals surface area contributed by atoms with Gasteiger partial charge >= 0.3 is 0 Å². The maximum atomic E-state index is 10.2. The van der Waals surface area contributed by atoms with Crippen molar-refractivity contribution in [1.29, 1.82) is 0 Å². The lowest BCUT2D eigenvalue weighted by atomic mass is 10.1. The molecule has 0 aliphatic carbocycles. The van der Waals surface area contributed by atoms with Crippen LogP contribution < -0.4 is 0 Å². The van der Waals surface area contributed by atoms with Gasteiger partial charge in [-0.15, -0.1) is 0 Å². The molecular weight excluding hydrogens is 404 g/mol. The van der Waals surface area contributed by atoms with Gasteiger partial charge in [0.05, 0.1) is 0 Å². The van der Waals surface area contributed by atoms with Crippen molar-refractivity contribution in [2.45, 2.75) is 15.8 Å². The molecular formula is C19H16Br2O. The monoisotopic (exact) mass is 418 g/mol. The van der Waals surface area contributed by atoms with Crippen molar-refractivity contribution in [2.75, 3.05) is 0 Å². The van der Waals surface area contributed by atoms with Crippen molar-refractivity contribution in [1.82, 2.24) is 0 Å². The van der Waals surface area contributed by atoms with Crippen LogP contribution in [0.4, 0.5) is 0 Å². The lowest BCUT2D eigenvalue weighted by molar-refractivity contribution is 0.222. The lowest BCUT2D eigenvalue weighted by Gasteiger charge is -2.22. The Bertz CT molecular complexity index is 667. The number of rotatable bonds is 4. The molecule has 0 amide bonds. The second-order valence-electron chi connectivity index (χ2n) is 4.86. The maximum Gasteiger partial charge on any atom is 0.140 e. The SMILES string of the molecule is O[C@H](C#C/C=C/c1ccccc1)C(Br)(Br)Cc1ccccc1. The number of aliphatic hydroxyl groups excluding tert-OH is 1. The molecule has 0 aromatic heterocycles. The van der Waals surface area contributed by atoms with Gasteiger partial charge in [0.1, 0.15) is 9.34 Å². The number of hydrogen-bond acceptors (Lipinski definition) is 1. The van der Waals surface area contributed by atoms with Gasteiger partial charge in [0.15, 0.2) is 0 Å². The normalized spacial score (nSPS) is 12.7. The van der Waals surface area contributed by atoms with Crippen molar-refractivity contribution < 1.29 is 5.11 Å². The van der Waals surface area contributed by atoms with Gasteiger partial charge in [-0.05, 0) is 23.3 Å². The fraction of sp³-hybridized carbons (Fsp3) is 0.158. The second-order valence-corrected chi connectivity index (χ2v) is 8.75. The Hall–Kier alpha value is -1.34. The van der Waals surface area contributed by atoms with E-state index in [1.165, 1.54) is 0 Å². The molecule has 0 aliphatic heterocycles. The fourth-order valence-electron chi connectivity index (χ4n) is 1.90. The highest BCUT2D eigenvalue weighted by Gasteiger charge is 2.31. The van der Waals surface area contributed by atoms with Gasteiger partial charge in [0, 0.05) is 6.42 Å². The van der Waals surface area contributed by atoms with Crippen LogP contribution in [0.2, 0.25) is 0 Å². The van der Waals surface area contributed by atoms with E-state index >= 15 is 0 Å². The zero-order valence-corrected chi connectivity index (χ0v) is 15.1. The summed E-state index contributed by atoms with van der Waals surface area (Å²) in [6, 6.07) is 19.9. The van der Waals surface area contributed by atoms with Gasteiger partial charge in [-0.1, -0.05) is 104 Å². The Kier molecular flexibility index (Phi) is 6.45. The molecule has 0 saturated heterocycles. The molecule has 2 aromatic carbocycles. The smallest absolute Gasteiger partial charge is 0.140 e. The van der Waals surface area contributed by atoms with Gasteiger partial charge < -0.3 is 5.11 Å². The first kappa shape index (κ1) is 17.0. The molecule has 0 spiro atoms. The quantitative estimate of drug-likeness (QED) is 0.557. The standard InChI is InChI=1S/C19H16Br2O/c20-19(21,15-17-12-5-2-6-13-17)18(22)14-8-7-11-16-9-3-1-4-10-16/h1-7,9-13,18,22H,15H2/b11-7+/t18-/m1/s1. The van der Waals surface area contributed by atoms with E-state index in [0.29, 0.717) is 6.42 Å². The second kappa shape index (κ2) is 8.33. The molecule has 3 heteroatoms. The number of benzene rings is 2. The van der Waals surface area contributed by atoms with Gasteiger partial charge in [-0.2, -0.15) is 0 Å². The van der Waals surface area contributed by atoms with Crippen LogP contribution in [0.3, 0.4) is 0 Å². The van der Waals surface area contributed by atoms with E-state index in [-0.39, 0.29) is 0 Å². The molecule has 22 heavy (non-hydrogen) atoms. The van der Waals surface area contributed by atoms with E-state index in [9.17, 15) is 5.11 Å². The zero-order chi connectivity index (χ0) is 15.8. The first-order valence-corrected chi connectivity index (χ1v) is 8.49. The van der Waals surface area contributed by atoms with Crippen LogP contribution >= 0.6 is 31.9 Å². The van der Waals surface area contributed by atoms with Crippen molar-refractivity contribution in [3.05, 3.63) is 77.9 Å². The molecule has 0 radical (unpaired) electrons. The van der Waals surface area contributed by atoms with E-state index in [0.717, 1.165) is 11.1 Å². The molecule has 0 bridgehead atoms. The number of aliphatic hydroxyl groups is 1. The Balaban J connectivity index is 1.97. The van der Waals surface area contributed by atoms with Crippen molar-refractivity contribution >= 4 is 37.9 Å². The summed E-state index contributed by atoms with van der Waals surface area (Å²) in [5, 5.41) is 10.2. The van der Waals surface area contributed by atoms with Gasteiger partial charge in [-0.25, -0.2) is 0 Å². The molecule has 1 atom stereocenters. The number of hydrogen-bond donors (Lipinski definition) is 1. The summed E-state index contributed by atoms with van der Waals surface area (Å²) in [4.78, 5) is 0. The van der Waals surface area contributed by atoms with Gasteiger partial charge in [0.2, 0.25) is 0 Å². The minimum atomic E-state index is -0.826. The minimum Gasteiger partial charge on any atom is -0.378 e. The average Bonchev–Trinajstić information content (AvgIpc) is 2.53. The molecule has 2 aromatic rings. The van der Waals surface area contributed by atoms with Crippen molar-refractivity contribution in [3.8, 4) is 11.8 Å². The highest BCUT2D eigenvalue weighted by atomic mass is 79.9. The van der Waals surface area contributed by atoms with Gasteiger partial charge in [0.25, 0.3) is 0 Å². The van der Waals surface area contributed by atoms with E-state index in [1.54, 1.807) is 6.08 Å². The van der Waals surface area contributed by atoms with E-state index in [1.807, 2.05) is 66.7 Å². The summed E-state index contributed by atoms with van der Waals surface area (Å²) in [6.45, 7) is 0. The summed E-state index contributed by atoms with van der Waals surface area (Å²) >= 11 is 7.04. The third kappa shape index (κ3) is 5.46. The van der Waals surface area contributed by atoms with Crippen LogP contribution in [0.15, 0.2) is 66.7 Å². The summed E-state index contributed by atoms with van der Waals surface area (Å²) in [5.41, 5.74) is 2.21. The number of alkyl halides is 2. The Labute approximate surface area is 148 Å². The predicted molar refractivity (Wildman–Crippen MR) is 100.0 cm³/mol. The molecule has 0 fully saturated rings. The zero-order valence-electron chi connectivity index (χ0n) is 11.9. The molecule has 0 heterocycles. The van der Waals surface area contributed by atoms with Crippen LogP contribution in [-0.2, 0) is 6.42 Å². The predicted octanol–water partition coefficient (Wildman–Crippen LogP) is 4.79. The van der Waals surface area contributed by atoms with Gasteiger partial charge in [-0.3, -0.25) is 0 Å². The summed E-state index contributed by atoms with van der Waals surface area (Å²) in [7, 11) is 0. The summed E-state index contributed by atoms with van der Waals surface area (Å²) < 4.78 is -0.658. The van der Waals surface area contributed by atoms with Crippen LogP contribution in [0.5, 0.6) is 0 Å². The first-order chi connectivity index (χ1) is 10.6. The molecule has 0 saturated carbocycles. The molecule has 1 nitrogen and oxygen atoms in total. The third-order valence-corrected chi connectivity index (χ3v) is 4.49. The maximum absolute atomic E-state index is 10.2. The van der Waals surface area contributed by atoms with Crippen molar-refractivity contribution in [3.63, 3.8) is 0 Å². The average molecular weight is 420 g/mol.